The summed E-state index contributed by atoms with van der Waals surface area (Å²) in [6.07, 6.45) is 6.69. The Morgan fingerprint density at radius 2 is 0.977 bits per heavy atom. The van der Waals surface area contributed by atoms with E-state index < -0.39 is 59.9 Å². The van der Waals surface area contributed by atoms with Gasteiger partial charge in [-0.05, 0) is 162 Å². The van der Waals surface area contributed by atoms with Crippen LogP contribution in [0.25, 0.3) is 15.3 Å². The molecule has 0 spiro atoms. The first kappa shape index (κ1) is 132. The topological polar surface area (TPSA) is 560 Å². The third-order valence-corrected chi connectivity index (χ3v) is 24.3. The molecule has 728 valence electrons. The number of aliphatic carboxylic acids is 4. The third-order valence-electron chi connectivity index (χ3n) is 18.3. The highest BCUT2D eigenvalue weighted by Crippen LogP contribution is 2.44. The number of benzene rings is 2. The molecule has 41 heteroatoms. The molecule has 0 aromatic heterocycles. The maximum atomic E-state index is 12.9. The van der Waals surface area contributed by atoms with Gasteiger partial charge in [0.2, 0.25) is 46.9 Å². The van der Waals surface area contributed by atoms with Gasteiger partial charge in [-0.1, -0.05) is 188 Å². The molecule has 129 heavy (non-hydrogen) atoms. The molecule has 2 aromatic carbocycles. The highest BCUT2D eigenvalue weighted by molar-refractivity contribution is 8.25. The molecule has 2 aromatic rings. The van der Waals surface area contributed by atoms with Crippen molar-refractivity contribution in [2.24, 2.45) is 67.3 Å². The number of rotatable bonds is 49. The van der Waals surface area contributed by atoms with Crippen molar-refractivity contribution in [2.75, 3.05) is 90.8 Å². The second-order valence-electron chi connectivity index (χ2n) is 33.5. The minimum Gasteiger partial charge on any atom is -0.481 e. The zero-order valence-electron chi connectivity index (χ0n) is 78.5. The molecule has 21 N–H and O–H groups in total. The van der Waals surface area contributed by atoms with Crippen molar-refractivity contribution in [3.05, 3.63) is 118 Å². The van der Waals surface area contributed by atoms with Crippen molar-refractivity contribution < 1.29 is 73.2 Å². The summed E-state index contributed by atoms with van der Waals surface area (Å²) in [6.45, 7) is 52.4. The summed E-state index contributed by atoms with van der Waals surface area (Å²) in [5.74, 6) is -4.04. The van der Waals surface area contributed by atoms with E-state index in [0.717, 1.165) is 62.5 Å². The molecule has 6 unspecified atom stereocenters. The maximum Gasteiger partial charge on any atom is 0.319 e. The number of hydrogen-bond acceptors (Lipinski definition) is 26. The maximum absolute atomic E-state index is 12.9. The van der Waals surface area contributed by atoms with E-state index >= 15 is 0 Å². The molecule has 0 bridgehead atoms. The summed E-state index contributed by atoms with van der Waals surface area (Å²) in [7, 11) is 0. The van der Waals surface area contributed by atoms with E-state index in [9.17, 15) is 63.1 Å². The number of nitrogens with zero attached hydrogens (tertiary/aromatic N) is 5. The van der Waals surface area contributed by atoms with Crippen LogP contribution in [0.4, 0.5) is 0 Å². The fraction of sp³-hybridized carbons (Fsp3) is 0.625. The van der Waals surface area contributed by atoms with Crippen LogP contribution in [0.1, 0.15) is 219 Å². The Kier molecular flexibility index (Phi) is 72.6. The van der Waals surface area contributed by atoms with Crippen LogP contribution in [0.5, 0.6) is 0 Å². The number of carbonyl (C=O) groups excluding carboxylic acids is 7. The molecular weight excluding hydrogens is 1830 g/mol. The quantitative estimate of drug-likeness (QED) is 0.00556. The number of unbranched alkanes of at least 4 members (excludes halogenated alkanes) is 2. The number of carboxylic acid groups (broad SMARTS) is 4. The van der Waals surface area contributed by atoms with Crippen LogP contribution in [0, 0.1) is 51.4 Å². The normalized spacial score (nSPS) is 13.1. The van der Waals surface area contributed by atoms with Gasteiger partial charge < -0.3 is 91.2 Å². The zero-order valence-corrected chi connectivity index (χ0v) is 85.9. The van der Waals surface area contributed by atoms with Crippen molar-refractivity contribution >= 4 is 190 Å². The lowest BCUT2D eigenvalue weighted by Crippen LogP contribution is -2.54. The number of azide groups is 1. The summed E-state index contributed by atoms with van der Waals surface area (Å²) in [5, 5.41) is 67.3. The summed E-state index contributed by atoms with van der Waals surface area (Å²) in [6, 6.07) is 21.0. The zero-order chi connectivity index (χ0) is 99.9. The van der Waals surface area contributed by atoms with E-state index in [2.05, 4.69) is 106 Å². The van der Waals surface area contributed by atoms with Crippen LogP contribution in [-0.4, -0.2) is 213 Å². The molecule has 0 aliphatic rings. The standard InChI is InChI=1S/C26H51N7O3.C19H25N3O3S2.C13H13NO2S2.C12H22N2O3S2.2C6H12N2O.C6H10O2S2.ClH/c1-20(2)17-21(23(35)30-15-9-7-8-14-29-22(34)18-32-33-28)11-10-12-26(6,19-25(3,4)5)24(36)31-16-13-27;1-18(17(25)22-12-11-20,19(2,21-3)10-9-15(23)24)13-27-16(26)14-7-5-4-6-8-14;1-13(9-14,8-7-11(15)16)18-12(17)10-5-3-2-4-6-10;1-8(18)19-12(4,9(15)14-6-5-13)7-11(2,3)10(16)17;2*1-5(2)6(9)8-4-3-7;1-4(9)10-6(2,3)5(7)8;/h20-21H,7-19,27H2,1-6H3,(H,29,34)(H,30,35)(H,31,36);4-8H,9-13,20H2,1-2H3,(H,22,25)(H,23,24);2-6H,7-8H2,1H3,(H,15,16);5-7,13H2,1-4H3,(H,14,15)(H,16,17);2*1,3-4,7H2,2H3,(H,8,9);1-3H3,(H,7,8);1H. The van der Waals surface area contributed by atoms with E-state index in [0.29, 0.717) is 99.3 Å². The molecule has 6 atom stereocenters. The number of thioether (sulfide) groups is 4. The first-order valence-corrected chi connectivity index (χ1v) is 46.7. The molecule has 7 amide bonds. The molecule has 2 rings (SSSR count). The van der Waals surface area contributed by atoms with Gasteiger partial charge in [0.15, 0.2) is 0 Å². The van der Waals surface area contributed by atoms with E-state index in [-0.39, 0.29) is 123 Å². The minimum absolute atomic E-state index is 0. The van der Waals surface area contributed by atoms with Gasteiger partial charge in [0, 0.05) is 140 Å². The highest BCUT2D eigenvalue weighted by atomic mass is 35.5. The van der Waals surface area contributed by atoms with Crippen LogP contribution in [0.15, 0.2) is 90.1 Å². The van der Waals surface area contributed by atoms with Gasteiger partial charge in [0.1, 0.15) is 21.5 Å². The van der Waals surface area contributed by atoms with Crippen molar-refractivity contribution in [3.63, 3.8) is 0 Å². The van der Waals surface area contributed by atoms with Crippen LogP contribution >= 0.6 is 108 Å². The van der Waals surface area contributed by atoms with Gasteiger partial charge in [0.05, 0.1) is 31.0 Å². The Balaban J connectivity index is -0.000000362. The van der Waals surface area contributed by atoms with E-state index in [1.165, 1.54) is 47.0 Å². The number of nitriles is 1. The average molecular weight is 1970 g/mol. The molecule has 0 saturated heterocycles. The number of hydrogen-bond donors (Lipinski definition) is 16. The number of thiocarbonyl (C=S) groups is 4. The minimum atomic E-state index is -1.19. The lowest BCUT2D eigenvalue weighted by molar-refractivity contribution is -0.148. The van der Waals surface area contributed by atoms with Gasteiger partial charge in [0.25, 0.3) is 0 Å². The molecule has 0 aliphatic heterocycles. The predicted octanol–water partition coefficient (Wildman–Crippen LogP) is 13.0. The van der Waals surface area contributed by atoms with Crippen molar-refractivity contribution in [2.45, 2.75) is 228 Å². The number of carbonyl (C=O) groups is 11. The second kappa shape index (κ2) is 70.9. The van der Waals surface area contributed by atoms with Gasteiger partial charge >= 0.3 is 23.9 Å². The summed E-state index contributed by atoms with van der Waals surface area (Å²) >= 11 is 25.5. The molecule has 0 fully saturated rings. The number of carboxylic acids is 4. The Morgan fingerprint density at radius 3 is 1.36 bits per heavy atom. The Bertz CT molecular complexity index is 3990. The van der Waals surface area contributed by atoms with Gasteiger partial charge in [-0.25, -0.2) is 6.57 Å². The van der Waals surface area contributed by atoms with Crippen LogP contribution < -0.4 is 65.9 Å². The van der Waals surface area contributed by atoms with E-state index in [4.69, 9.17) is 105 Å². The third kappa shape index (κ3) is 63.1. The monoisotopic (exact) mass is 1970 g/mol. The number of nitrogens with two attached hydrogens (primary N) is 5. The molecule has 0 heterocycles. The number of halogens is 1. The van der Waals surface area contributed by atoms with Gasteiger partial charge in [-0.2, -0.15) is 5.26 Å². The van der Waals surface area contributed by atoms with Crippen molar-refractivity contribution in [1.29, 1.82) is 5.26 Å². The van der Waals surface area contributed by atoms with E-state index in [1.54, 1.807) is 83.1 Å². The molecule has 32 nitrogen and oxygen atoms in total. The first-order chi connectivity index (χ1) is 59.3. The first-order valence-electron chi connectivity index (χ1n) is 41.7. The second-order valence-corrected chi connectivity index (χ2v) is 42.7. The fourth-order valence-corrected chi connectivity index (χ4v) is 17.7. The number of amides is 7. The molecule has 0 aliphatic carbocycles. The van der Waals surface area contributed by atoms with Crippen molar-refractivity contribution in [3.8, 4) is 6.07 Å². The average Bonchev–Trinajstić information content (AvgIpc) is 0.774. The predicted molar refractivity (Wildman–Crippen MR) is 545 cm³/mol. The summed E-state index contributed by atoms with van der Waals surface area (Å²) in [4.78, 5) is 133. The van der Waals surface area contributed by atoms with Gasteiger partial charge in [-0.15, -0.1) is 47.7 Å². The van der Waals surface area contributed by atoms with Crippen molar-refractivity contribution in [1.82, 2.24) is 37.2 Å². The van der Waals surface area contributed by atoms with Gasteiger partial charge in [-0.3, -0.25) is 52.7 Å². The number of nitrogens with one attached hydrogen (secondary N) is 7. The van der Waals surface area contributed by atoms with E-state index in [1.807, 2.05) is 67.6 Å². The Hall–Kier alpha value is -7.77. The lowest BCUT2D eigenvalue weighted by atomic mass is 9.70. The SMILES string of the molecule is C=C(C)C(=O)NCCN.C=C(C)C(=O)NCCN.CC(=S)SC(C)(C)C(=O)O.CC(=S)SC(C)(CC(C)(C)C(=O)O)C(=O)NCCN.CC(C#N)(CCC(=O)O)SC(=S)c1ccccc1.CC(C)CC(CCCC(C)(CC(C)(C)C)C(=O)NCCN)C(=O)NCCCCCNC(=O)CN=[N+]=[N-].Cl.[C-]#[N+]C(C)(CCC(=O)O)C(C)(CSC(=S)c1ccccc1)C(=O)NCCN. The summed E-state index contributed by atoms with van der Waals surface area (Å²) < 4.78 is 0.00286. The van der Waals surface area contributed by atoms with Crippen LogP contribution in [0.2, 0.25) is 0 Å². The highest BCUT2D eigenvalue weighted by Gasteiger charge is 2.56. The fourth-order valence-electron chi connectivity index (χ4n) is 11.4. The Labute approximate surface area is 810 Å². The molecule has 0 radical (unpaired) electrons. The molecular formula is C88H146ClN17O15S8. The molecule has 0 saturated carbocycles. The Morgan fingerprint density at radius 1 is 0.550 bits per heavy atom. The van der Waals surface area contributed by atoms with Crippen LogP contribution in [-0.2, 0) is 52.7 Å². The smallest absolute Gasteiger partial charge is 0.319 e. The lowest BCUT2D eigenvalue weighted by Gasteiger charge is -2.36. The largest absolute Gasteiger partial charge is 0.481 e. The van der Waals surface area contributed by atoms with Crippen LogP contribution in [0.3, 0.4) is 0 Å². The summed E-state index contributed by atoms with van der Waals surface area (Å²) in [5.41, 5.74) is 33.9.